The lowest BCUT2D eigenvalue weighted by molar-refractivity contribution is -0.180. The molecule has 0 unspecified atom stereocenters. The Morgan fingerprint density at radius 2 is 1.48 bits per heavy atom. The number of hydrogen-bond donors (Lipinski definition) is 0. The predicted octanol–water partition coefficient (Wildman–Crippen LogP) is 6.62. The molecule has 0 N–H and O–H groups in total. The van der Waals surface area contributed by atoms with Crippen LogP contribution in [0.4, 0.5) is 13.2 Å². The van der Waals surface area contributed by atoms with Crippen molar-refractivity contribution in [1.82, 2.24) is 14.8 Å². The largest absolute Gasteiger partial charge is 0.463 e. The molecule has 5 nitrogen and oxygen atoms in total. The Hall–Kier alpha value is -3.23. The average Bonchev–Trinajstić information content (AvgIpc) is 2.90. The van der Waals surface area contributed by atoms with Gasteiger partial charge in [0.1, 0.15) is 0 Å². The maximum atomic E-state index is 13.4. The summed E-state index contributed by atoms with van der Waals surface area (Å²) in [5.74, 6) is -0.185. The van der Waals surface area contributed by atoms with Gasteiger partial charge in [-0.15, -0.1) is 0 Å². The minimum absolute atomic E-state index is 0.0342. The fourth-order valence-electron chi connectivity index (χ4n) is 5.03. The summed E-state index contributed by atoms with van der Waals surface area (Å²) in [6.45, 7) is 10.1. The van der Waals surface area contributed by atoms with E-state index in [1.807, 2.05) is 38.1 Å². The topological polar surface area (TPSA) is 45.7 Å². The number of halogens is 3. The lowest BCUT2D eigenvalue weighted by Gasteiger charge is -2.41. The van der Waals surface area contributed by atoms with Crippen molar-refractivity contribution in [2.45, 2.75) is 70.9 Å². The van der Waals surface area contributed by atoms with Crippen LogP contribution in [0.15, 0.2) is 73.1 Å². The first kappa shape index (κ1) is 29.7. The molecule has 0 spiro atoms. The number of ether oxygens (including phenoxy) is 1. The van der Waals surface area contributed by atoms with Gasteiger partial charge in [-0.1, -0.05) is 48.5 Å². The fourth-order valence-corrected chi connectivity index (χ4v) is 5.03. The first-order valence-corrected chi connectivity index (χ1v) is 13.7. The Morgan fingerprint density at radius 1 is 0.900 bits per heavy atom. The molecule has 1 fully saturated rings. The third kappa shape index (κ3) is 7.49. The first-order chi connectivity index (χ1) is 18.9. The highest BCUT2D eigenvalue weighted by molar-refractivity contribution is 5.70. The summed E-state index contributed by atoms with van der Waals surface area (Å²) < 4.78 is 45.7. The fraction of sp³-hybridized carbons (Fsp3) is 0.438. The number of nitrogens with zero attached hydrogens (tertiary/aromatic N) is 3. The molecule has 1 aliphatic rings. The molecule has 40 heavy (non-hydrogen) atoms. The molecule has 1 aromatic heterocycles. The summed E-state index contributed by atoms with van der Waals surface area (Å²) in [6.07, 6.45) is -0.551. The monoisotopic (exact) mass is 553 g/mol. The number of piperazine rings is 1. The molecule has 8 heteroatoms. The molecular formula is C32H38F3N3O2. The molecule has 1 aliphatic heterocycles. The molecule has 0 amide bonds. The van der Waals surface area contributed by atoms with Gasteiger partial charge in [0, 0.05) is 51.2 Å². The molecule has 2 aromatic carbocycles. The van der Waals surface area contributed by atoms with Crippen molar-refractivity contribution in [1.29, 1.82) is 0 Å². The summed E-state index contributed by atoms with van der Waals surface area (Å²) >= 11 is 0. The van der Waals surface area contributed by atoms with Crippen LogP contribution < -0.4 is 0 Å². The van der Waals surface area contributed by atoms with Crippen LogP contribution in [0.5, 0.6) is 0 Å². The Bertz CT molecular complexity index is 1240. The van der Waals surface area contributed by atoms with Crippen molar-refractivity contribution >= 4 is 5.97 Å². The molecule has 0 saturated carbocycles. The molecule has 2 heterocycles. The van der Waals surface area contributed by atoms with Crippen LogP contribution in [-0.4, -0.2) is 58.7 Å². The standard InChI is InChI=1S/C32H38F3N3O2/c1-23(2)40-30(39)19-29-22-37(17-18-38(29)21-25-13-15-36-16-14-25)20-24-5-7-26(8-6-24)27-9-11-28(12-10-27)31(3,4)32(33,34)35/h5-16,23,29H,17-22H2,1-4H3/t29-/m0/s1. The van der Waals surface area contributed by atoms with E-state index in [2.05, 4.69) is 26.9 Å². The van der Waals surface area contributed by atoms with Crippen LogP contribution in [-0.2, 0) is 28.0 Å². The number of rotatable bonds is 9. The quantitative estimate of drug-likeness (QED) is 0.279. The summed E-state index contributed by atoms with van der Waals surface area (Å²) in [4.78, 5) is 21.4. The number of carbonyl (C=O) groups is 1. The number of esters is 1. The van der Waals surface area contributed by atoms with Gasteiger partial charge < -0.3 is 4.74 Å². The number of carbonyl (C=O) groups excluding carboxylic acids is 1. The van der Waals surface area contributed by atoms with Crippen molar-refractivity contribution in [3.63, 3.8) is 0 Å². The van der Waals surface area contributed by atoms with Crippen molar-refractivity contribution in [2.75, 3.05) is 19.6 Å². The van der Waals surface area contributed by atoms with Crippen LogP contribution in [0.3, 0.4) is 0 Å². The van der Waals surface area contributed by atoms with Gasteiger partial charge in [0.25, 0.3) is 0 Å². The predicted molar refractivity (Wildman–Crippen MR) is 151 cm³/mol. The van der Waals surface area contributed by atoms with E-state index in [-0.39, 0.29) is 23.7 Å². The number of aromatic nitrogens is 1. The first-order valence-electron chi connectivity index (χ1n) is 13.7. The number of benzene rings is 2. The van der Waals surface area contributed by atoms with Gasteiger partial charge in [0.15, 0.2) is 0 Å². The van der Waals surface area contributed by atoms with Crippen molar-refractivity contribution < 1.29 is 22.7 Å². The Morgan fingerprint density at radius 3 is 2.05 bits per heavy atom. The zero-order valence-electron chi connectivity index (χ0n) is 23.6. The molecule has 1 saturated heterocycles. The van der Waals surface area contributed by atoms with Gasteiger partial charge in [-0.2, -0.15) is 13.2 Å². The number of hydrogen-bond acceptors (Lipinski definition) is 5. The third-order valence-electron chi connectivity index (χ3n) is 7.60. The molecule has 0 bridgehead atoms. The molecule has 4 rings (SSSR count). The summed E-state index contributed by atoms with van der Waals surface area (Å²) in [6, 6.07) is 18.8. The minimum Gasteiger partial charge on any atom is -0.463 e. The van der Waals surface area contributed by atoms with E-state index in [4.69, 9.17) is 4.74 Å². The van der Waals surface area contributed by atoms with Crippen LogP contribution >= 0.6 is 0 Å². The van der Waals surface area contributed by atoms with Crippen molar-refractivity contribution in [2.24, 2.45) is 0 Å². The van der Waals surface area contributed by atoms with E-state index in [0.717, 1.165) is 55.0 Å². The summed E-state index contributed by atoms with van der Waals surface area (Å²) in [7, 11) is 0. The van der Waals surface area contributed by atoms with Crippen molar-refractivity contribution in [3.8, 4) is 11.1 Å². The molecule has 0 aliphatic carbocycles. The number of pyridine rings is 1. The lowest BCUT2D eigenvalue weighted by Crippen LogP contribution is -2.53. The van der Waals surface area contributed by atoms with Gasteiger partial charge in [-0.3, -0.25) is 19.6 Å². The van der Waals surface area contributed by atoms with E-state index in [0.29, 0.717) is 6.42 Å². The minimum atomic E-state index is -4.31. The van der Waals surface area contributed by atoms with Gasteiger partial charge in [-0.05, 0) is 67.6 Å². The highest BCUT2D eigenvalue weighted by Crippen LogP contribution is 2.40. The SMILES string of the molecule is CC(C)OC(=O)C[C@H]1CN(Cc2ccc(-c3ccc(C(C)(C)C(F)(F)F)cc3)cc2)CCN1Cc1ccncc1. The Kier molecular flexibility index (Phi) is 9.31. The second kappa shape index (κ2) is 12.5. The second-order valence-electron chi connectivity index (χ2n) is 11.4. The van der Waals surface area contributed by atoms with Crippen LogP contribution in [0.1, 0.15) is 50.8 Å². The maximum absolute atomic E-state index is 13.4. The van der Waals surface area contributed by atoms with E-state index in [9.17, 15) is 18.0 Å². The van der Waals surface area contributed by atoms with Crippen LogP contribution in [0.2, 0.25) is 0 Å². The molecule has 214 valence electrons. The van der Waals surface area contributed by atoms with Gasteiger partial charge in [0.05, 0.1) is 17.9 Å². The summed E-state index contributed by atoms with van der Waals surface area (Å²) in [5.41, 5.74) is 2.48. The molecule has 0 radical (unpaired) electrons. The zero-order valence-corrected chi connectivity index (χ0v) is 23.6. The highest BCUT2D eigenvalue weighted by Gasteiger charge is 2.48. The van der Waals surface area contributed by atoms with Gasteiger partial charge >= 0.3 is 12.1 Å². The lowest BCUT2D eigenvalue weighted by atomic mass is 9.83. The van der Waals surface area contributed by atoms with E-state index in [1.165, 1.54) is 13.8 Å². The van der Waals surface area contributed by atoms with Crippen LogP contribution in [0.25, 0.3) is 11.1 Å². The normalized spacial score (nSPS) is 17.2. The van der Waals surface area contributed by atoms with Crippen LogP contribution in [0, 0.1) is 0 Å². The zero-order chi connectivity index (χ0) is 28.9. The smallest absolute Gasteiger partial charge is 0.397 e. The summed E-state index contributed by atoms with van der Waals surface area (Å²) in [5, 5.41) is 0. The van der Waals surface area contributed by atoms with E-state index in [1.54, 1.807) is 36.7 Å². The number of alkyl halides is 3. The van der Waals surface area contributed by atoms with Gasteiger partial charge in [0.2, 0.25) is 0 Å². The molecular weight excluding hydrogens is 515 g/mol. The molecule has 1 atom stereocenters. The third-order valence-corrected chi connectivity index (χ3v) is 7.60. The maximum Gasteiger partial charge on any atom is 0.397 e. The van der Waals surface area contributed by atoms with E-state index < -0.39 is 11.6 Å². The van der Waals surface area contributed by atoms with E-state index >= 15 is 0 Å². The second-order valence-corrected chi connectivity index (χ2v) is 11.4. The Labute approximate surface area is 235 Å². The van der Waals surface area contributed by atoms with Gasteiger partial charge in [-0.25, -0.2) is 0 Å². The molecule has 3 aromatic rings. The van der Waals surface area contributed by atoms with Crippen molar-refractivity contribution in [3.05, 3.63) is 89.7 Å². The Balaban J connectivity index is 1.41. The average molecular weight is 554 g/mol. The highest BCUT2D eigenvalue weighted by atomic mass is 19.4.